The van der Waals surface area contributed by atoms with Crippen LogP contribution >= 0.6 is 0 Å². The summed E-state index contributed by atoms with van der Waals surface area (Å²) in [5, 5.41) is 0. The van der Waals surface area contributed by atoms with Crippen LogP contribution in [0.2, 0.25) is 0 Å². The molecule has 0 N–H and O–H groups in total. The van der Waals surface area contributed by atoms with Gasteiger partial charge in [-0.15, -0.1) is 0 Å². The molecule has 160 valence electrons. The van der Waals surface area contributed by atoms with Gasteiger partial charge in [-0.25, -0.2) is 13.4 Å². The molecule has 0 bridgehead atoms. The first-order chi connectivity index (χ1) is 13.9. The normalized spacial score (nSPS) is 24.9. The van der Waals surface area contributed by atoms with E-state index in [1.807, 2.05) is 6.07 Å². The molecule has 2 aliphatic heterocycles. The number of hydrogen-bond donors (Lipinski definition) is 0. The third-order valence-corrected chi connectivity index (χ3v) is 8.27. The third kappa shape index (κ3) is 4.23. The Morgan fingerprint density at radius 1 is 1.07 bits per heavy atom. The number of benzene rings is 1. The zero-order valence-corrected chi connectivity index (χ0v) is 18.8. The Bertz CT molecular complexity index is 953. The highest BCUT2D eigenvalue weighted by atomic mass is 32.2. The van der Waals surface area contributed by atoms with Crippen molar-refractivity contribution in [2.45, 2.75) is 64.4 Å². The minimum atomic E-state index is -3.43. The van der Waals surface area contributed by atoms with E-state index >= 15 is 0 Å². The first-order valence-electron chi connectivity index (χ1n) is 11.1. The van der Waals surface area contributed by atoms with E-state index in [4.69, 9.17) is 4.98 Å². The minimum Gasteiger partial charge on any atom is -0.327 e. The van der Waals surface area contributed by atoms with Gasteiger partial charge in [0.15, 0.2) is 0 Å². The van der Waals surface area contributed by atoms with Crippen LogP contribution in [-0.2, 0) is 23.1 Å². The van der Waals surface area contributed by atoms with Gasteiger partial charge in [0.1, 0.15) is 5.82 Å². The van der Waals surface area contributed by atoms with Gasteiger partial charge in [0, 0.05) is 32.7 Å². The average Bonchev–Trinajstić information content (AvgIpc) is 3.03. The first-order valence-corrected chi connectivity index (χ1v) is 12.5. The maximum atomic E-state index is 13.1. The Labute approximate surface area is 174 Å². The van der Waals surface area contributed by atoms with E-state index in [0.717, 1.165) is 62.3 Å². The molecule has 0 radical (unpaired) electrons. The van der Waals surface area contributed by atoms with Crippen molar-refractivity contribution in [3.05, 3.63) is 24.0 Å². The fourth-order valence-corrected chi connectivity index (χ4v) is 6.71. The van der Waals surface area contributed by atoms with Crippen molar-refractivity contribution in [2.24, 2.45) is 11.8 Å². The smallest absolute Gasteiger partial charge is 0.243 e. The molecule has 6 nitrogen and oxygen atoms in total. The van der Waals surface area contributed by atoms with E-state index in [0.29, 0.717) is 29.8 Å². The lowest BCUT2D eigenvalue weighted by molar-refractivity contribution is 0.130. The van der Waals surface area contributed by atoms with Crippen molar-refractivity contribution in [1.82, 2.24) is 18.8 Å². The molecular weight excluding hydrogens is 384 g/mol. The monoisotopic (exact) mass is 418 g/mol. The van der Waals surface area contributed by atoms with Crippen LogP contribution < -0.4 is 0 Å². The molecular formula is C22H34N4O2S. The van der Waals surface area contributed by atoms with Crippen LogP contribution in [0.3, 0.4) is 0 Å². The molecule has 2 fully saturated rings. The van der Waals surface area contributed by atoms with Crippen molar-refractivity contribution < 1.29 is 8.42 Å². The zero-order valence-electron chi connectivity index (χ0n) is 18.0. The Morgan fingerprint density at radius 2 is 1.76 bits per heavy atom. The van der Waals surface area contributed by atoms with Gasteiger partial charge in [-0.3, -0.25) is 4.90 Å². The third-order valence-electron chi connectivity index (χ3n) is 6.38. The van der Waals surface area contributed by atoms with E-state index in [-0.39, 0.29) is 0 Å². The average molecular weight is 419 g/mol. The molecule has 1 aromatic heterocycles. The summed E-state index contributed by atoms with van der Waals surface area (Å²) in [4.78, 5) is 7.76. The van der Waals surface area contributed by atoms with E-state index in [2.05, 4.69) is 30.2 Å². The second-order valence-electron chi connectivity index (χ2n) is 9.03. The predicted molar refractivity (Wildman–Crippen MR) is 116 cm³/mol. The summed E-state index contributed by atoms with van der Waals surface area (Å²) in [7, 11) is -3.43. The largest absolute Gasteiger partial charge is 0.327 e. The number of rotatable bonds is 5. The predicted octanol–water partition coefficient (Wildman–Crippen LogP) is 3.71. The van der Waals surface area contributed by atoms with Crippen LogP contribution in [0.4, 0.5) is 0 Å². The van der Waals surface area contributed by atoms with Gasteiger partial charge in [-0.05, 0) is 56.2 Å². The maximum Gasteiger partial charge on any atom is 0.243 e. The van der Waals surface area contributed by atoms with Crippen LogP contribution in [0, 0.1) is 11.8 Å². The standard InChI is InChI=1S/C22H34N4O2S/c1-4-26-21-9-8-19(29(27,28)25-10-6-5-7-11-25)13-20(21)23-22(26)16-24-14-17(2)12-18(3)15-24/h8-9,13,17-18H,4-7,10-12,14-16H2,1-3H3. The van der Waals surface area contributed by atoms with Gasteiger partial charge in [-0.2, -0.15) is 4.31 Å². The second kappa shape index (κ2) is 8.36. The molecule has 2 aliphatic rings. The summed E-state index contributed by atoms with van der Waals surface area (Å²) in [5.74, 6) is 2.45. The van der Waals surface area contributed by atoms with Gasteiger partial charge in [-0.1, -0.05) is 20.3 Å². The van der Waals surface area contributed by atoms with Crippen LogP contribution in [-0.4, -0.2) is 53.4 Å². The van der Waals surface area contributed by atoms with Crippen molar-refractivity contribution in [3.63, 3.8) is 0 Å². The topological polar surface area (TPSA) is 58.4 Å². The zero-order chi connectivity index (χ0) is 20.6. The van der Waals surface area contributed by atoms with Gasteiger partial charge >= 0.3 is 0 Å². The van der Waals surface area contributed by atoms with Crippen LogP contribution in [0.15, 0.2) is 23.1 Å². The number of likely N-dealkylation sites (tertiary alicyclic amines) is 1. The first kappa shape index (κ1) is 20.8. The molecule has 2 aromatic rings. The maximum absolute atomic E-state index is 13.1. The highest BCUT2D eigenvalue weighted by molar-refractivity contribution is 7.89. The van der Waals surface area contributed by atoms with E-state index in [1.165, 1.54) is 6.42 Å². The summed E-state index contributed by atoms with van der Waals surface area (Å²) in [6.07, 6.45) is 4.30. The Hall–Kier alpha value is -1.44. The van der Waals surface area contributed by atoms with Gasteiger partial charge < -0.3 is 4.57 Å². The molecule has 7 heteroatoms. The molecule has 0 saturated carbocycles. The van der Waals surface area contributed by atoms with Crippen molar-refractivity contribution in [3.8, 4) is 0 Å². The van der Waals surface area contributed by atoms with Crippen LogP contribution in [0.1, 0.15) is 52.3 Å². The summed E-state index contributed by atoms with van der Waals surface area (Å²) in [6, 6.07) is 5.47. The summed E-state index contributed by atoms with van der Waals surface area (Å²) < 4.78 is 30.0. The fourth-order valence-electron chi connectivity index (χ4n) is 5.17. The quantitative estimate of drug-likeness (QED) is 0.743. The Morgan fingerprint density at radius 3 is 2.41 bits per heavy atom. The summed E-state index contributed by atoms with van der Waals surface area (Å²) >= 11 is 0. The highest BCUT2D eigenvalue weighted by Gasteiger charge is 2.27. The minimum absolute atomic E-state index is 0.374. The lowest BCUT2D eigenvalue weighted by Crippen LogP contribution is -2.38. The van der Waals surface area contributed by atoms with Crippen LogP contribution in [0.5, 0.6) is 0 Å². The molecule has 0 aliphatic carbocycles. The van der Waals surface area contributed by atoms with E-state index in [9.17, 15) is 8.42 Å². The molecule has 3 heterocycles. The van der Waals surface area contributed by atoms with Gasteiger partial charge in [0.25, 0.3) is 0 Å². The highest BCUT2D eigenvalue weighted by Crippen LogP contribution is 2.27. The molecule has 2 saturated heterocycles. The molecule has 2 unspecified atom stereocenters. The molecule has 2 atom stereocenters. The number of piperidine rings is 2. The van der Waals surface area contributed by atoms with E-state index < -0.39 is 10.0 Å². The molecule has 0 spiro atoms. The fraction of sp³-hybridized carbons (Fsp3) is 0.682. The summed E-state index contributed by atoms with van der Waals surface area (Å²) in [6.45, 7) is 11.9. The lowest BCUT2D eigenvalue weighted by Gasteiger charge is -2.34. The molecule has 0 amide bonds. The van der Waals surface area contributed by atoms with Crippen molar-refractivity contribution in [1.29, 1.82) is 0 Å². The van der Waals surface area contributed by atoms with Gasteiger partial charge in [0.05, 0.1) is 22.5 Å². The Kier molecular flexibility index (Phi) is 6.00. The van der Waals surface area contributed by atoms with Crippen LogP contribution in [0.25, 0.3) is 11.0 Å². The number of aromatic nitrogens is 2. The summed E-state index contributed by atoms with van der Waals surface area (Å²) in [5.41, 5.74) is 1.82. The number of fused-ring (bicyclic) bond motifs is 1. The van der Waals surface area contributed by atoms with Crippen molar-refractivity contribution in [2.75, 3.05) is 26.2 Å². The number of nitrogens with zero attached hydrogens (tertiary/aromatic N) is 4. The van der Waals surface area contributed by atoms with Crippen molar-refractivity contribution >= 4 is 21.1 Å². The Balaban J connectivity index is 1.64. The molecule has 4 rings (SSSR count). The second-order valence-corrected chi connectivity index (χ2v) is 11.0. The number of hydrogen-bond acceptors (Lipinski definition) is 4. The lowest BCUT2D eigenvalue weighted by atomic mass is 9.92. The van der Waals surface area contributed by atoms with E-state index in [1.54, 1.807) is 16.4 Å². The molecule has 1 aromatic carbocycles. The SMILES string of the molecule is CCn1c(CN2CC(C)CC(C)C2)nc2cc(S(=O)(=O)N3CCCCC3)ccc21. The number of imidazole rings is 1. The number of sulfonamides is 1. The van der Waals surface area contributed by atoms with Gasteiger partial charge in [0.2, 0.25) is 10.0 Å². The molecule has 29 heavy (non-hydrogen) atoms. The number of aryl methyl sites for hydroxylation is 1.